The number of hydrogen-bond acceptors (Lipinski definition) is 3. The number of carbonyl (C=O) groups excluding carboxylic acids is 1. The highest BCUT2D eigenvalue weighted by Gasteiger charge is 2.11. The third-order valence-corrected chi connectivity index (χ3v) is 3.42. The minimum atomic E-state index is -0.202. The summed E-state index contributed by atoms with van der Waals surface area (Å²) in [5.41, 5.74) is 2.28. The van der Waals surface area contributed by atoms with Gasteiger partial charge in [-0.15, -0.1) is 0 Å². The molecule has 0 aliphatic heterocycles. The lowest BCUT2D eigenvalue weighted by Crippen LogP contribution is -2.23. The molecule has 0 aliphatic carbocycles. The van der Waals surface area contributed by atoms with Gasteiger partial charge in [0.05, 0.1) is 0 Å². The molecule has 0 unspecified atom stereocenters. The second kappa shape index (κ2) is 8.22. The molecular formula is C19H23NO3. The Bertz CT molecular complexity index is 686. The number of aryl methyl sites for hydroxylation is 2. The van der Waals surface area contributed by atoms with Crippen molar-refractivity contribution in [2.75, 3.05) is 6.54 Å². The predicted molar refractivity (Wildman–Crippen MR) is 90.7 cm³/mol. The first-order valence-electron chi connectivity index (χ1n) is 7.78. The highest BCUT2D eigenvalue weighted by molar-refractivity contribution is 5.91. The number of rotatable bonds is 7. The van der Waals surface area contributed by atoms with Crippen LogP contribution in [0, 0.1) is 13.8 Å². The maximum absolute atomic E-state index is 11.9. The molecule has 0 aliphatic rings. The smallest absolute Gasteiger partial charge is 0.287 e. The predicted octanol–water partition coefficient (Wildman–Crippen LogP) is 4.17. The summed E-state index contributed by atoms with van der Waals surface area (Å²) in [7, 11) is 0. The summed E-state index contributed by atoms with van der Waals surface area (Å²) in [6.07, 6.45) is 4.78. The number of nitrogens with one attached hydrogen (secondary N) is 1. The Kier molecular flexibility index (Phi) is 6.03. The fraction of sp³-hybridized carbons (Fsp3) is 0.316. The van der Waals surface area contributed by atoms with Crippen molar-refractivity contribution >= 4 is 5.91 Å². The van der Waals surface area contributed by atoms with E-state index in [0.717, 1.165) is 17.7 Å². The fourth-order valence-electron chi connectivity index (χ4n) is 2.21. The van der Waals surface area contributed by atoms with E-state index in [2.05, 4.69) is 11.4 Å². The number of ether oxygens (including phenoxy) is 1. The average molecular weight is 313 g/mol. The largest absolute Gasteiger partial charge is 0.485 e. The fourth-order valence-corrected chi connectivity index (χ4v) is 2.21. The van der Waals surface area contributed by atoms with Crippen LogP contribution in [0.1, 0.15) is 40.8 Å². The van der Waals surface area contributed by atoms with Crippen LogP contribution in [0.2, 0.25) is 0 Å². The summed E-state index contributed by atoms with van der Waals surface area (Å²) >= 11 is 0. The number of allylic oxidation sites excluding steroid dienone is 1. The first kappa shape index (κ1) is 16.9. The average Bonchev–Trinajstić information content (AvgIpc) is 2.99. The Morgan fingerprint density at radius 3 is 2.83 bits per heavy atom. The normalized spacial score (nSPS) is 10.9. The topological polar surface area (TPSA) is 51.5 Å². The molecule has 1 heterocycles. The van der Waals surface area contributed by atoms with Gasteiger partial charge in [-0.1, -0.05) is 29.8 Å². The second-order valence-electron chi connectivity index (χ2n) is 5.44. The van der Waals surface area contributed by atoms with Gasteiger partial charge in [0.2, 0.25) is 0 Å². The van der Waals surface area contributed by atoms with E-state index in [9.17, 15) is 4.79 Å². The van der Waals surface area contributed by atoms with Gasteiger partial charge in [0.1, 0.15) is 18.1 Å². The van der Waals surface area contributed by atoms with Crippen LogP contribution < -0.4 is 10.1 Å². The zero-order chi connectivity index (χ0) is 16.7. The lowest BCUT2D eigenvalue weighted by molar-refractivity contribution is 0.0922. The van der Waals surface area contributed by atoms with Crippen molar-refractivity contribution in [3.63, 3.8) is 0 Å². The van der Waals surface area contributed by atoms with Crippen molar-refractivity contribution < 1.29 is 13.9 Å². The third-order valence-electron chi connectivity index (χ3n) is 3.42. The van der Waals surface area contributed by atoms with Crippen LogP contribution in [-0.2, 0) is 6.61 Å². The van der Waals surface area contributed by atoms with Crippen molar-refractivity contribution in [1.29, 1.82) is 0 Å². The molecule has 0 saturated carbocycles. The highest BCUT2D eigenvalue weighted by atomic mass is 16.5. The number of amides is 1. The molecule has 0 radical (unpaired) electrons. The summed E-state index contributed by atoms with van der Waals surface area (Å²) in [5, 5.41) is 2.81. The van der Waals surface area contributed by atoms with Crippen LogP contribution in [0.4, 0.5) is 0 Å². The Morgan fingerprint density at radius 2 is 2.09 bits per heavy atom. The summed E-state index contributed by atoms with van der Waals surface area (Å²) in [4.78, 5) is 11.9. The molecule has 2 rings (SSSR count). The van der Waals surface area contributed by atoms with Gasteiger partial charge in [0, 0.05) is 6.54 Å². The van der Waals surface area contributed by atoms with Crippen molar-refractivity contribution in [1.82, 2.24) is 5.32 Å². The van der Waals surface area contributed by atoms with Gasteiger partial charge in [-0.2, -0.15) is 0 Å². The van der Waals surface area contributed by atoms with E-state index >= 15 is 0 Å². The maximum Gasteiger partial charge on any atom is 0.287 e. The number of carbonyl (C=O) groups is 1. The van der Waals surface area contributed by atoms with Crippen LogP contribution in [0.15, 0.2) is 46.9 Å². The van der Waals surface area contributed by atoms with Gasteiger partial charge in [-0.3, -0.25) is 4.79 Å². The molecule has 1 amide bonds. The molecule has 0 spiro atoms. The third kappa shape index (κ3) is 5.02. The molecule has 1 aromatic carbocycles. The number of furan rings is 1. The van der Waals surface area contributed by atoms with E-state index in [4.69, 9.17) is 9.15 Å². The molecule has 1 aromatic heterocycles. The molecule has 0 fully saturated rings. The number of hydrogen-bond donors (Lipinski definition) is 1. The van der Waals surface area contributed by atoms with E-state index < -0.39 is 0 Å². The van der Waals surface area contributed by atoms with E-state index in [1.807, 2.05) is 45.1 Å². The SMILES string of the molecule is C/C=C/CCNC(=O)c1ccc(COc2ccc(C)cc2C)o1. The molecule has 0 atom stereocenters. The molecule has 122 valence electrons. The molecular weight excluding hydrogens is 290 g/mol. The molecule has 2 aromatic rings. The van der Waals surface area contributed by atoms with Crippen molar-refractivity contribution in [3.05, 3.63) is 65.1 Å². The summed E-state index contributed by atoms with van der Waals surface area (Å²) in [6, 6.07) is 9.47. The van der Waals surface area contributed by atoms with E-state index in [0.29, 0.717) is 24.7 Å². The lowest BCUT2D eigenvalue weighted by atomic mass is 10.1. The molecule has 4 heteroatoms. The van der Waals surface area contributed by atoms with E-state index in [-0.39, 0.29) is 5.91 Å². The maximum atomic E-state index is 11.9. The summed E-state index contributed by atoms with van der Waals surface area (Å²) < 4.78 is 11.3. The molecule has 0 bridgehead atoms. The van der Waals surface area contributed by atoms with Gasteiger partial charge in [0.15, 0.2) is 5.76 Å². The van der Waals surface area contributed by atoms with Crippen molar-refractivity contribution in [2.24, 2.45) is 0 Å². The van der Waals surface area contributed by atoms with Crippen LogP contribution in [0.5, 0.6) is 5.75 Å². The van der Waals surface area contributed by atoms with Gasteiger partial charge < -0.3 is 14.5 Å². The first-order chi connectivity index (χ1) is 11.1. The standard InChI is InChI=1S/C19H23NO3/c1-4-5-6-11-20-19(21)18-10-8-16(23-18)13-22-17-9-7-14(2)12-15(17)3/h4-5,7-10,12H,6,11,13H2,1-3H3,(H,20,21)/b5-4+. The monoisotopic (exact) mass is 313 g/mol. The Labute approximate surface area is 137 Å². The summed E-state index contributed by atoms with van der Waals surface area (Å²) in [5.74, 6) is 1.56. The zero-order valence-corrected chi connectivity index (χ0v) is 13.9. The van der Waals surface area contributed by atoms with Gasteiger partial charge in [-0.25, -0.2) is 0 Å². The van der Waals surface area contributed by atoms with E-state index in [1.165, 1.54) is 5.56 Å². The minimum Gasteiger partial charge on any atom is -0.485 e. The quantitative estimate of drug-likeness (QED) is 0.616. The molecule has 4 nitrogen and oxygen atoms in total. The molecule has 23 heavy (non-hydrogen) atoms. The first-order valence-corrected chi connectivity index (χ1v) is 7.78. The minimum absolute atomic E-state index is 0.202. The van der Waals surface area contributed by atoms with Crippen LogP contribution in [0.3, 0.4) is 0 Å². The second-order valence-corrected chi connectivity index (χ2v) is 5.44. The van der Waals surface area contributed by atoms with E-state index in [1.54, 1.807) is 12.1 Å². The van der Waals surface area contributed by atoms with Crippen LogP contribution in [-0.4, -0.2) is 12.5 Å². The Morgan fingerprint density at radius 1 is 1.26 bits per heavy atom. The lowest BCUT2D eigenvalue weighted by Gasteiger charge is -2.08. The van der Waals surface area contributed by atoms with Crippen LogP contribution >= 0.6 is 0 Å². The Balaban J connectivity index is 1.88. The van der Waals surface area contributed by atoms with Gasteiger partial charge >= 0.3 is 0 Å². The number of benzene rings is 1. The van der Waals surface area contributed by atoms with Gasteiger partial charge in [-0.05, 0) is 51.0 Å². The highest BCUT2D eigenvalue weighted by Crippen LogP contribution is 2.20. The van der Waals surface area contributed by atoms with Crippen molar-refractivity contribution in [3.8, 4) is 5.75 Å². The van der Waals surface area contributed by atoms with Crippen molar-refractivity contribution in [2.45, 2.75) is 33.8 Å². The molecule has 1 N–H and O–H groups in total. The summed E-state index contributed by atoms with van der Waals surface area (Å²) in [6.45, 7) is 6.91. The van der Waals surface area contributed by atoms with Gasteiger partial charge in [0.25, 0.3) is 5.91 Å². The zero-order valence-electron chi connectivity index (χ0n) is 13.9. The molecule has 0 saturated heterocycles. The Hall–Kier alpha value is -2.49. The van der Waals surface area contributed by atoms with Crippen LogP contribution in [0.25, 0.3) is 0 Å².